The second-order valence-corrected chi connectivity index (χ2v) is 7.93. The maximum Gasteiger partial charge on any atom is 0.334 e. The molecule has 0 aromatic carbocycles. The van der Waals surface area contributed by atoms with Crippen LogP contribution in [0.3, 0.4) is 0 Å². The minimum absolute atomic E-state index is 0.0326. The summed E-state index contributed by atoms with van der Waals surface area (Å²) in [5, 5.41) is 10.7. The average molecular weight is 352 g/mol. The summed E-state index contributed by atoms with van der Waals surface area (Å²) in [6.45, 7) is 10.7. The summed E-state index contributed by atoms with van der Waals surface area (Å²) in [6.07, 6.45) is -0.265. The quantitative estimate of drug-likeness (QED) is 0.605. The number of carbonyl (C=O) groups excluding carboxylic acids is 3. The van der Waals surface area contributed by atoms with Crippen molar-refractivity contribution >= 4 is 17.7 Å². The van der Waals surface area contributed by atoms with Gasteiger partial charge in [-0.15, -0.1) is 0 Å². The van der Waals surface area contributed by atoms with E-state index in [0.717, 1.165) is 0 Å². The first-order valence-electron chi connectivity index (χ1n) is 8.87. The summed E-state index contributed by atoms with van der Waals surface area (Å²) in [7, 11) is 0. The van der Waals surface area contributed by atoms with Crippen LogP contribution in [0.15, 0.2) is 12.2 Å². The van der Waals surface area contributed by atoms with E-state index in [0.29, 0.717) is 6.42 Å². The van der Waals surface area contributed by atoms with Gasteiger partial charge in [0.2, 0.25) is 0 Å². The number of aliphatic hydroxyl groups is 1. The lowest BCUT2D eigenvalue weighted by Crippen LogP contribution is -2.42. The summed E-state index contributed by atoms with van der Waals surface area (Å²) in [5.41, 5.74) is -0.951. The summed E-state index contributed by atoms with van der Waals surface area (Å²) < 4.78 is 11.0. The van der Waals surface area contributed by atoms with E-state index >= 15 is 0 Å². The second kappa shape index (κ2) is 7.28. The van der Waals surface area contributed by atoms with Gasteiger partial charge in [0.15, 0.2) is 0 Å². The van der Waals surface area contributed by atoms with Gasteiger partial charge in [0.05, 0.1) is 17.4 Å². The number of hydrogen-bond donors (Lipinski definition) is 1. The molecule has 0 aromatic heterocycles. The van der Waals surface area contributed by atoms with Gasteiger partial charge in [-0.05, 0) is 19.8 Å². The predicted octanol–water partition coefficient (Wildman–Crippen LogP) is 2.18. The van der Waals surface area contributed by atoms with Crippen LogP contribution in [-0.2, 0) is 23.9 Å². The lowest BCUT2D eigenvalue weighted by molar-refractivity contribution is -0.161. The fraction of sp³-hybridized carbons (Fsp3) is 0.737. The molecule has 1 N–H and O–H groups in total. The first-order chi connectivity index (χ1) is 11.5. The highest BCUT2D eigenvalue weighted by Gasteiger charge is 2.48. The Labute approximate surface area is 148 Å². The van der Waals surface area contributed by atoms with E-state index in [4.69, 9.17) is 9.47 Å². The number of carbonyl (C=O) groups is 3. The van der Waals surface area contributed by atoms with Crippen molar-refractivity contribution in [3.8, 4) is 0 Å². The summed E-state index contributed by atoms with van der Waals surface area (Å²) >= 11 is 0. The molecule has 1 aliphatic carbocycles. The van der Waals surface area contributed by atoms with Gasteiger partial charge in [0.25, 0.3) is 0 Å². The summed E-state index contributed by atoms with van der Waals surface area (Å²) in [4.78, 5) is 36.5. The van der Waals surface area contributed by atoms with E-state index in [1.807, 2.05) is 0 Å². The number of ketones is 1. The number of ether oxygens (including phenoxy) is 2. The van der Waals surface area contributed by atoms with Gasteiger partial charge < -0.3 is 14.6 Å². The van der Waals surface area contributed by atoms with Crippen LogP contribution in [0.4, 0.5) is 0 Å². The monoisotopic (exact) mass is 352 g/mol. The van der Waals surface area contributed by atoms with E-state index in [2.05, 4.69) is 6.58 Å². The molecule has 140 valence electrons. The summed E-state index contributed by atoms with van der Waals surface area (Å²) in [5.74, 6) is -2.07. The fourth-order valence-corrected chi connectivity index (χ4v) is 3.49. The van der Waals surface area contributed by atoms with Gasteiger partial charge in [-0.2, -0.15) is 0 Å². The van der Waals surface area contributed by atoms with Crippen molar-refractivity contribution in [2.45, 2.75) is 71.2 Å². The normalized spacial score (nSPS) is 36.8. The molecule has 0 amide bonds. The van der Waals surface area contributed by atoms with Crippen molar-refractivity contribution in [1.29, 1.82) is 0 Å². The van der Waals surface area contributed by atoms with Crippen LogP contribution in [0.5, 0.6) is 0 Å². The van der Waals surface area contributed by atoms with Crippen LogP contribution in [0.1, 0.15) is 53.4 Å². The van der Waals surface area contributed by atoms with Crippen LogP contribution < -0.4 is 0 Å². The Balaban J connectivity index is 2.38. The zero-order valence-electron chi connectivity index (χ0n) is 15.4. The molecule has 2 rings (SSSR count). The van der Waals surface area contributed by atoms with Gasteiger partial charge in [-0.25, -0.2) is 4.79 Å². The van der Waals surface area contributed by atoms with Crippen molar-refractivity contribution in [2.75, 3.05) is 0 Å². The number of Topliss-reactive ketones (excluding diaryl/α,β-unsaturated/α-hetero) is 1. The molecule has 25 heavy (non-hydrogen) atoms. The van der Waals surface area contributed by atoms with Gasteiger partial charge >= 0.3 is 11.9 Å². The second-order valence-electron chi connectivity index (χ2n) is 7.93. The molecule has 5 atom stereocenters. The third kappa shape index (κ3) is 4.48. The van der Waals surface area contributed by atoms with E-state index < -0.39 is 35.7 Å². The van der Waals surface area contributed by atoms with Crippen LogP contribution in [0.25, 0.3) is 0 Å². The fourth-order valence-electron chi connectivity index (χ4n) is 3.49. The van der Waals surface area contributed by atoms with Crippen molar-refractivity contribution in [3.63, 3.8) is 0 Å². The standard InChI is InChI=1S/C19H28O6/c1-10(2)17(21)25-15-9-19(5,23)7-6-13(20)11(3)8-14-16(15)12(4)18(22)24-14/h10-11,14-16,23H,4,6-9H2,1-3,5H3/t11-,14+,15-,16+,19+/m1/s1. The third-order valence-electron chi connectivity index (χ3n) is 5.15. The Morgan fingerprint density at radius 1 is 1.40 bits per heavy atom. The highest BCUT2D eigenvalue weighted by molar-refractivity contribution is 5.91. The van der Waals surface area contributed by atoms with Crippen LogP contribution in [0, 0.1) is 17.8 Å². The molecule has 0 unspecified atom stereocenters. The third-order valence-corrected chi connectivity index (χ3v) is 5.15. The number of rotatable bonds is 2. The van der Waals surface area contributed by atoms with E-state index in [1.165, 1.54) is 0 Å². The lowest BCUT2D eigenvalue weighted by atomic mass is 9.77. The van der Waals surface area contributed by atoms with Crippen LogP contribution >= 0.6 is 0 Å². The molecule has 0 bridgehead atoms. The smallest absolute Gasteiger partial charge is 0.334 e. The topological polar surface area (TPSA) is 89.9 Å². The summed E-state index contributed by atoms with van der Waals surface area (Å²) in [6, 6.07) is 0. The average Bonchev–Trinajstić information content (AvgIpc) is 2.77. The Bertz CT molecular complexity index is 576. The minimum atomic E-state index is -1.19. The van der Waals surface area contributed by atoms with E-state index in [1.54, 1.807) is 27.7 Å². The van der Waals surface area contributed by atoms with Crippen LogP contribution in [0.2, 0.25) is 0 Å². The number of hydrogen-bond acceptors (Lipinski definition) is 6. The minimum Gasteiger partial charge on any atom is -0.461 e. The van der Waals surface area contributed by atoms with Gasteiger partial charge in [-0.3, -0.25) is 9.59 Å². The van der Waals surface area contributed by atoms with E-state index in [9.17, 15) is 19.5 Å². The Morgan fingerprint density at radius 2 is 2.04 bits per heavy atom. The molecule has 6 nitrogen and oxygen atoms in total. The molecular weight excluding hydrogens is 324 g/mol. The predicted molar refractivity (Wildman–Crippen MR) is 90.5 cm³/mol. The highest BCUT2D eigenvalue weighted by atomic mass is 16.6. The molecule has 1 saturated heterocycles. The molecule has 0 radical (unpaired) electrons. The van der Waals surface area contributed by atoms with Gasteiger partial charge in [0, 0.05) is 24.3 Å². The molecule has 1 heterocycles. The molecule has 0 spiro atoms. The zero-order chi connectivity index (χ0) is 18.9. The first kappa shape index (κ1) is 19.6. The van der Waals surface area contributed by atoms with Crippen molar-refractivity contribution < 1.29 is 29.0 Å². The van der Waals surface area contributed by atoms with Crippen molar-refractivity contribution in [3.05, 3.63) is 12.2 Å². The van der Waals surface area contributed by atoms with Crippen molar-refractivity contribution in [1.82, 2.24) is 0 Å². The number of fused-ring (bicyclic) bond motifs is 1. The molecule has 2 aliphatic rings. The molecule has 2 fully saturated rings. The van der Waals surface area contributed by atoms with Crippen molar-refractivity contribution in [2.24, 2.45) is 17.8 Å². The molecule has 6 heteroatoms. The Morgan fingerprint density at radius 3 is 2.64 bits per heavy atom. The largest absolute Gasteiger partial charge is 0.461 e. The highest BCUT2D eigenvalue weighted by Crippen LogP contribution is 2.39. The first-order valence-corrected chi connectivity index (χ1v) is 8.87. The SMILES string of the molecule is C=C1C(=O)O[C@H]2C[C@@H](C)C(=O)CC[C@](C)(O)C[C@@H](OC(=O)C(C)C)[C@@H]12. The Hall–Kier alpha value is -1.69. The zero-order valence-corrected chi connectivity index (χ0v) is 15.4. The lowest BCUT2D eigenvalue weighted by Gasteiger charge is -2.35. The van der Waals surface area contributed by atoms with Gasteiger partial charge in [-0.1, -0.05) is 27.4 Å². The Kier molecular flexibility index (Phi) is 5.72. The molecule has 0 aromatic rings. The maximum absolute atomic E-state index is 12.3. The van der Waals surface area contributed by atoms with E-state index in [-0.39, 0.29) is 42.5 Å². The maximum atomic E-state index is 12.3. The molecular formula is C19H28O6. The number of esters is 2. The molecule has 1 saturated carbocycles. The van der Waals surface area contributed by atoms with Crippen LogP contribution in [-0.4, -0.2) is 40.6 Å². The molecule has 1 aliphatic heterocycles. The van der Waals surface area contributed by atoms with Gasteiger partial charge in [0.1, 0.15) is 18.0 Å².